The van der Waals surface area contributed by atoms with Crippen molar-refractivity contribution in [1.82, 2.24) is 0 Å². The van der Waals surface area contributed by atoms with Crippen molar-refractivity contribution in [2.45, 2.75) is 47.0 Å². The van der Waals surface area contributed by atoms with Crippen molar-refractivity contribution >= 4 is 5.78 Å². The van der Waals surface area contributed by atoms with Gasteiger partial charge < -0.3 is 10.5 Å². The van der Waals surface area contributed by atoms with Crippen LogP contribution in [0.1, 0.15) is 54.6 Å². The molecule has 3 heteroatoms. The van der Waals surface area contributed by atoms with Crippen molar-refractivity contribution in [3.63, 3.8) is 0 Å². The molecule has 1 unspecified atom stereocenters. The highest BCUT2D eigenvalue weighted by molar-refractivity contribution is 5.97. The lowest BCUT2D eigenvalue weighted by Crippen LogP contribution is -2.16. The molecule has 1 atom stereocenters. The Kier molecular flexibility index (Phi) is 6.90. The van der Waals surface area contributed by atoms with Gasteiger partial charge in [0.1, 0.15) is 5.75 Å². The first-order chi connectivity index (χ1) is 9.90. The Bertz CT molecular complexity index is 480. The van der Waals surface area contributed by atoms with Crippen LogP contribution in [0.2, 0.25) is 0 Å². The fourth-order valence-electron chi connectivity index (χ4n) is 2.79. The molecule has 0 saturated carbocycles. The van der Waals surface area contributed by atoms with Gasteiger partial charge in [0.15, 0.2) is 5.78 Å². The van der Waals surface area contributed by atoms with Crippen LogP contribution in [0.15, 0.2) is 12.1 Å². The van der Waals surface area contributed by atoms with Crippen LogP contribution >= 0.6 is 0 Å². The third-order valence-electron chi connectivity index (χ3n) is 4.26. The highest BCUT2D eigenvalue weighted by atomic mass is 16.5. The average Bonchev–Trinajstić information content (AvgIpc) is 2.44. The Morgan fingerprint density at radius 3 is 2.38 bits per heavy atom. The molecule has 0 aliphatic carbocycles. The molecular formula is C18H29NO2. The van der Waals surface area contributed by atoms with Crippen LogP contribution in [0, 0.1) is 25.7 Å². The maximum absolute atomic E-state index is 12.5. The highest BCUT2D eigenvalue weighted by Crippen LogP contribution is 2.26. The molecular weight excluding hydrogens is 262 g/mol. The van der Waals surface area contributed by atoms with Gasteiger partial charge in [-0.25, -0.2) is 0 Å². The molecule has 0 amide bonds. The van der Waals surface area contributed by atoms with E-state index < -0.39 is 0 Å². The molecule has 0 aliphatic rings. The van der Waals surface area contributed by atoms with E-state index in [9.17, 15) is 4.79 Å². The van der Waals surface area contributed by atoms with E-state index in [-0.39, 0.29) is 5.78 Å². The largest absolute Gasteiger partial charge is 0.496 e. The topological polar surface area (TPSA) is 52.3 Å². The molecule has 3 nitrogen and oxygen atoms in total. The van der Waals surface area contributed by atoms with Gasteiger partial charge in [-0.3, -0.25) is 4.79 Å². The molecule has 0 saturated heterocycles. The van der Waals surface area contributed by atoms with E-state index in [0.29, 0.717) is 24.8 Å². The average molecular weight is 291 g/mol. The summed E-state index contributed by atoms with van der Waals surface area (Å²) >= 11 is 0. The lowest BCUT2D eigenvalue weighted by Gasteiger charge is -2.20. The van der Waals surface area contributed by atoms with Gasteiger partial charge in [-0.2, -0.15) is 0 Å². The van der Waals surface area contributed by atoms with Crippen LogP contribution in [0.5, 0.6) is 5.75 Å². The zero-order valence-electron chi connectivity index (χ0n) is 14.0. The van der Waals surface area contributed by atoms with Crippen LogP contribution in [0.25, 0.3) is 0 Å². The zero-order valence-corrected chi connectivity index (χ0v) is 14.0. The fourth-order valence-corrected chi connectivity index (χ4v) is 2.79. The summed E-state index contributed by atoms with van der Waals surface area (Å²) in [5.41, 5.74) is 8.48. The molecule has 0 aliphatic heterocycles. The van der Waals surface area contributed by atoms with Crippen LogP contribution in [0.4, 0.5) is 0 Å². The van der Waals surface area contributed by atoms with Crippen LogP contribution < -0.4 is 10.5 Å². The van der Waals surface area contributed by atoms with Gasteiger partial charge >= 0.3 is 0 Å². The predicted molar refractivity (Wildman–Crippen MR) is 88.0 cm³/mol. The summed E-state index contributed by atoms with van der Waals surface area (Å²) in [5.74, 6) is 2.16. The van der Waals surface area contributed by atoms with Gasteiger partial charge in [-0.05, 0) is 68.3 Å². The minimum absolute atomic E-state index is 0.223. The summed E-state index contributed by atoms with van der Waals surface area (Å²) in [4.78, 5) is 12.5. The minimum atomic E-state index is 0.223. The molecule has 2 N–H and O–H groups in total. The monoisotopic (exact) mass is 291 g/mol. The van der Waals surface area contributed by atoms with Crippen molar-refractivity contribution in [2.24, 2.45) is 17.6 Å². The van der Waals surface area contributed by atoms with Crippen molar-refractivity contribution < 1.29 is 9.53 Å². The number of ether oxygens (including phenoxy) is 1. The summed E-state index contributed by atoms with van der Waals surface area (Å²) in [6.07, 6.45) is 2.50. The van der Waals surface area contributed by atoms with E-state index in [4.69, 9.17) is 10.5 Å². The number of aryl methyl sites for hydroxylation is 2. The number of rotatable bonds is 8. The Morgan fingerprint density at radius 1 is 1.19 bits per heavy atom. The summed E-state index contributed by atoms with van der Waals surface area (Å²) in [7, 11) is 1.66. The number of benzene rings is 1. The molecule has 21 heavy (non-hydrogen) atoms. The number of nitrogens with two attached hydrogens (primary N) is 1. The summed E-state index contributed by atoms with van der Waals surface area (Å²) in [5, 5.41) is 0. The maximum Gasteiger partial charge on any atom is 0.163 e. The molecule has 0 bridgehead atoms. The van der Waals surface area contributed by atoms with E-state index in [1.807, 2.05) is 26.0 Å². The van der Waals surface area contributed by atoms with E-state index in [2.05, 4.69) is 13.8 Å². The number of hydrogen-bond donors (Lipinski definition) is 1. The first-order valence-corrected chi connectivity index (χ1v) is 7.79. The molecule has 0 radical (unpaired) electrons. The van der Waals surface area contributed by atoms with E-state index in [1.165, 1.54) is 0 Å². The smallest absolute Gasteiger partial charge is 0.163 e. The van der Waals surface area contributed by atoms with Gasteiger partial charge in [0.05, 0.1) is 7.11 Å². The second-order valence-electron chi connectivity index (χ2n) is 6.18. The zero-order chi connectivity index (χ0) is 16.0. The lowest BCUT2D eigenvalue weighted by atomic mass is 9.86. The third-order valence-corrected chi connectivity index (χ3v) is 4.26. The van der Waals surface area contributed by atoms with Gasteiger partial charge in [-0.15, -0.1) is 0 Å². The van der Waals surface area contributed by atoms with Crippen LogP contribution in [-0.2, 0) is 0 Å². The standard InChI is InChI=1S/C18H29NO2/c1-12(2)15(8-9-19)6-7-17(20)16-10-14(4)18(21-5)11-13(16)3/h10-12,15H,6-9,19H2,1-5H3. The molecule has 0 fully saturated rings. The van der Waals surface area contributed by atoms with Crippen LogP contribution in [0.3, 0.4) is 0 Å². The molecule has 0 spiro atoms. The number of carbonyl (C=O) groups is 1. The number of carbonyl (C=O) groups excluding carboxylic acids is 1. The fraction of sp³-hybridized carbons (Fsp3) is 0.611. The van der Waals surface area contributed by atoms with E-state index in [0.717, 1.165) is 35.3 Å². The number of ketones is 1. The molecule has 1 aromatic rings. The first-order valence-electron chi connectivity index (χ1n) is 7.79. The molecule has 118 valence electrons. The van der Waals surface area contributed by atoms with Crippen molar-refractivity contribution in [2.75, 3.05) is 13.7 Å². The Labute approximate surface area is 128 Å². The number of hydrogen-bond acceptors (Lipinski definition) is 3. The van der Waals surface area contributed by atoms with E-state index >= 15 is 0 Å². The Morgan fingerprint density at radius 2 is 1.86 bits per heavy atom. The van der Waals surface area contributed by atoms with Crippen molar-refractivity contribution in [1.29, 1.82) is 0 Å². The van der Waals surface area contributed by atoms with Crippen molar-refractivity contribution in [3.8, 4) is 5.75 Å². The van der Waals surface area contributed by atoms with Gasteiger partial charge in [0.25, 0.3) is 0 Å². The Hall–Kier alpha value is -1.35. The van der Waals surface area contributed by atoms with Crippen molar-refractivity contribution in [3.05, 3.63) is 28.8 Å². The maximum atomic E-state index is 12.5. The summed E-state index contributed by atoms with van der Waals surface area (Å²) in [6.45, 7) is 9.04. The number of Topliss-reactive ketones (excluding diaryl/α,β-unsaturated/α-hetero) is 1. The summed E-state index contributed by atoms with van der Waals surface area (Å²) < 4.78 is 5.30. The van der Waals surface area contributed by atoms with Gasteiger partial charge in [-0.1, -0.05) is 13.8 Å². The first kappa shape index (κ1) is 17.7. The predicted octanol–water partition coefficient (Wildman–Crippen LogP) is 3.90. The summed E-state index contributed by atoms with van der Waals surface area (Å²) in [6, 6.07) is 3.90. The van der Waals surface area contributed by atoms with E-state index in [1.54, 1.807) is 7.11 Å². The Balaban J connectivity index is 2.78. The molecule has 0 heterocycles. The SMILES string of the molecule is COc1cc(C)c(C(=O)CCC(CCN)C(C)C)cc1C. The second kappa shape index (κ2) is 8.18. The second-order valence-corrected chi connectivity index (χ2v) is 6.18. The van der Waals surface area contributed by atoms with Gasteiger partial charge in [0, 0.05) is 12.0 Å². The molecule has 1 aromatic carbocycles. The molecule has 0 aromatic heterocycles. The quantitative estimate of drug-likeness (QED) is 0.739. The number of methoxy groups -OCH3 is 1. The molecule has 1 rings (SSSR count). The third kappa shape index (κ3) is 4.85. The normalized spacial score (nSPS) is 12.5. The van der Waals surface area contributed by atoms with Crippen LogP contribution in [-0.4, -0.2) is 19.4 Å². The lowest BCUT2D eigenvalue weighted by molar-refractivity contribution is 0.0968. The minimum Gasteiger partial charge on any atom is -0.496 e. The van der Waals surface area contributed by atoms with Gasteiger partial charge in [0.2, 0.25) is 0 Å². The highest BCUT2D eigenvalue weighted by Gasteiger charge is 2.17.